The first-order valence-corrected chi connectivity index (χ1v) is 10.2. The summed E-state index contributed by atoms with van der Waals surface area (Å²) in [6, 6.07) is 10.3. The van der Waals surface area contributed by atoms with Crippen molar-refractivity contribution >= 4 is 5.82 Å². The number of hydrogen-bond acceptors (Lipinski definition) is 6. The zero-order valence-electron chi connectivity index (χ0n) is 17.4. The second kappa shape index (κ2) is 8.61. The number of aromatic nitrogens is 4. The summed E-state index contributed by atoms with van der Waals surface area (Å²) in [4.78, 5) is 14.2. The lowest BCUT2D eigenvalue weighted by Crippen LogP contribution is -2.46. The Bertz CT molecular complexity index is 931. The highest BCUT2D eigenvalue weighted by Crippen LogP contribution is 2.24. The number of hydrogen-bond donors (Lipinski definition) is 0. The Labute approximate surface area is 172 Å². The lowest BCUT2D eigenvalue weighted by Gasteiger charge is -2.36. The molecule has 0 amide bonds. The van der Waals surface area contributed by atoms with Crippen molar-refractivity contribution in [1.82, 2.24) is 24.6 Å². The van der Waals surface area contributed by atoms with E-state index in [-0.39, 0.29) is 0 Å². The molecule has 0 atom stereocenters. The van der Waals surface area contributed by atoms with Crippen LogP contribution in [0.25, 0.3) is 5.82 Å². The molecule has 1 saturated heterocycles. The van der Waals surface area contributed by atoms with E-state index in [1.165, 1.54) is 5.56 Å². The van der Waals surface area contributed by atoms with E-state index < -0.39 is 0 Å². The maximum absolute atomic E-state index is 5.53. The first-order chi connectivity index (χ1) is 14.1. The molecule has 1 fully saturated rings. The van der Waals surface area contributed by atoms with Crippen LogP contribution in [0.1, 0.15) is 23.9 Å². The molecule has 4 rings (SSSR count). The van der Waals surface area contributed by atoms with Gasteiger partial charge in [0.2, 0.25) is 0 Å². The third-order valence-electron chi connectivity index (χ3n) is 5.24. The minimum absolute atomic E-state index is 0.700. The lowest BCUT2D eigenvalue weighted by atomic mass is 10.2. The number of rotatable bonds is 6. The number of nitrogens with zero attached hydrogens (tertiary/aromatic N) is 6. The average molecular weight is 393 g/mol. The number of anilines is 1. The highest BCUT2D eigenvalue weighted by Gasteiger charge is 2.22. The highest BCUT2D eigenvalue weighted by atomic mass is 16.5. The quantitative estimate of drug-likeness (QED) is 0.643. The van der Waals surface area contributed by atoms with Crippen LogP contribution in [0.4, 0.5) is 5.82 Å². The summed E-state index contributed by atoms with van der Waals surface area (Å²) in [5, 5.41) is 4.34. The molecule has 7 nitrogen and oxygen atoms in total. The highest BCUT2D eigenvalue weighted by molar-refractivity contribution is 5.53. The molecular formula is C22H28N6O. The zero-order chi connectivity index (χ0) is 20.2. The third-order valence-corrected chi connectivity index (χ3v) is 5.24. The standard InChI is InChI=1S/C22H28N6O/c1-4-29-20-8-6-19(7-9-20)16-26-12-14-27(15-13-26)21-17(2)22(25-18(3)24-21)28-11-5-10-23-28/h5-11H,4,12-16H2,1-3H3. The molecule has 1 aliphatic rings. The summed E-state index contributed by atoms with van der Waals surface area (Å²) in [5.41, 5.74) is 2.39. The van der Waals surface area contributed by atoms with E-state index in [0.29, 0.717) is 6.61 Å². The van der Waals surface area contributed by atoms with Gasteiger partial charge in [0.25, 0.3) is 0 Å². The molecule has 0 N–H and O–H groups in total. The van der Waals surface area contributed by atoms with Gasteiger partial charge in [-0.25, -0.2) is 14.6 Å². The minimum atomic E-state index is 0.700. The predicted octanol–water partition coefficient (Wildman–Crippen LogP) is 3.00. The Morgan fingerprint density at radius 1 is 0.966 bits per heavy atom. The van der Waals surface area contributed by atoms with Crippen LogP contribution in [0.15, 0.2) is 42.7 Å². The van der Waals surface area contributed by atoms with E-state index in [2.05, 4.69) is 51.1 Å². The van der Waals surface area contributed by atoms with Gasteiger partial charge in [-0.2, -0.15) is 5.10 Å². The van der Waals surface area contributed by atoms with Crippen molar-refractivity contribution in [3.63, 3.8) is 0 Å². The van der Waals surface area contributed by atoms with Crippen LogP contribution < -0.4 is 9.64 Å². The largest absolute Gasteiger partial charge is 0.494 e. The van der Waals surface area contributed by atoms with Crippen molar-refractivity contribution in [2.75, 3.05) is 37.7 Å². The van der Waals surface area contributed by atoms with Crippen LogP contribution in [0.2, 0.25) is 0 Å². The van der Waals surface area contributed by atoms with Gasteiger partial charge in [0, 0.05) is 50.7 Å². The van der Waals surface area contributed by atoms with E-state index in [1.54, 1.807) is 6.20 Å². The van der Waals surface area contributed by atoms with E-state index in [9.17, 15) is 0 Å². The third kappa shape index (κ3) is 4.40. The van der Waals surface area contributed by atoms with Crippen LogP contribution in [0.5, 0.6) is 5.75 Å². The zero-order valence-corrected chi connectivity index (χ0v) is 17.4. The van der Waals surface area contributed by atoms with Crippen molar-refractivity contribution in [3.8, 4) is 11.6 Å². The van der Waals surface area contributed by atoms with Gasteiger partial charge in [0.05, 0.1) is 6.61 Å². The molecule has 0 bridgehead atoms. The van der Waals surface area contributed by atoms with E-state index in [4.69, 9.17) is 9.72 Å². The number of piperazine rings is 1. The Morgan fingerprint density at radius 3 is 2.34 bits per heavy atom. The molecule has 7 heteroatoms. The van der Waals surface area contributed by atoms with Crippen molar-refractivity contribution in [2.45, 2.75) is 27.3 Å². The minimum Gasteiger partial charge on any atom is -0.494 e. The molecule has 0 spiro atoms. The summed E-state index contributed by atoms with van der Waals surface area (Å²) >= 11 is 0. The fourth-order valence-corrected chi connectivity index (χ4v) is 3.76. The lowest BCUT2D eigenvalue weighted by molar-refractivity contribution is 0.249. The average Bonchev–Trinajstić information content (AvgIpc) is 3.26. The second-order valence-corrected chi connectivity index (χ2v) is 7.33. The van der Waals surface area contributed by atoms with Gasteiger partial charge >= 0.3 is 0 Å². The summed E-state index contributed by atoms with van der Waals surface area (Å²) < 4.78 is 7.35. The smallest absolute Gasteiger partial charge is 0.162 e. The van der Waals surface area contributed by atoms with Gasteiger partial charge in [0.1, 0.15) is 17.4 Å². The Kier molecular flexibility index (Phi) is 5.76. The second-order valence-electron chi connectivity index (χ2n) is 7.33. The molecule has 29 heavy (non-hydrogen) atoms. The van der Waals surface area contributed by atoms with Crippen LogP contribution in [-0.4, -0.2) is 57.4 Å². The van der Waals surface area contributed by atoms with Crippen molar-refractivity contribution in [2.24, 2.45) is 0 Å². The topological polar surface area (TPSA) is 59.3 Å². The van der Waals surface area contributed by atoms with Crippen molar-refractivity contribution in [3.05, 3.63) is 59.7 Å². The molecule has 0 aliphatic carbocycles. The monoisotopic (exact) mass is 392 g/mol. The molecule has 152 valence electrons. The molecule has 0 unspecified atom stereocenters. The van der Waals surface area contributed by atoms with Gasteiger partial charge in [-0.05, 0) is 44.5 Å². The molecule has 2 aromatic heterocycles. The molecule has 1 aromatic carbocycles. The summed E-state index contributed by atoms with van der Waals surface area (Å²) in [5.74, 6) is 3.58. The summed E-state index contributed by atoms with van der Waals surface area (Å²) in [7, 11) is 0. The van der Waals surface area contributed by atoms with Crippen LogP contribution in [0, 0.1) is 13.8 Å². The van der Waals surface area contributed by atoms with E-state index >= 15 is 0 Å². The summed E-state index contributed by atoms with van der Waals surface area (Å²) in [6.45, 7) is 11.6. The SMILES string of the molecule is CCOc1ccc(CN2CCN(c3nc(C)nc(-n4cccn4)c3C)CC2)cc1. The Balaban J connectivity index is 1.42. The fraction of sp³-hybridized carbons (Fsp3) is 0.409. The molecular weight excluding hydrogens is 364 g/mol. The Hall–Kier alpha value is -2.93. The van der Waals surface area contributed by atoms with Gasteiger partial charge in [0.15, 0.2) is 5.82 Å². The van der Waals surface area contributed by atoms with Gasteiger partial charge < -0.3 is 9.64 Å². The van der Waals surface area contributed by atoms with Crippen molar-refractivity contribution in [1.29, 1.82) is 0 Å². The first-order valence-electron chi connectivity index (χ1n) is 10.2. The van der Waals surface area contributed by atoms with Crippen LogP contribution in [-0.2, 0) is 6.54 Å². The maximum atomic E-state index is 5.53. The van der Waals surface area contributed by atoms with Crippen LogP contribution >= 0.6 is 0 Å². The van der Waals surface area contributed by atoms with E-state index in [0.717, 1.165) is 61.5 Å². The summed E-state index contributed by atoms with van der Waals surface area (Å²) in [6.07, 6.45) is 3.70. The normalized spacial score (nSPS) is 14.9. The molecule has 0 radical (unpaired) electrons. The van der Waals surface area contributed by atoms with E-state index in [1.807, 2.05) is 30.8 Å². The van der Waals surface area contributed by atoms with Gasteiger partial charge in [-0.3, -0.25) is 4.90 Å². The number of aryl methyl sites for hydroxylation is 1. The van der Waals surface area contributed by atoms with Gasteiger partial charge in [-0.1, -0.05) is 12.1 Å². The fourth-order valence-electron chi connectivity index (χ4n) is 3.76. The van der Waals surface area contributed by atoms with Crippen LogP contribution in [0.3, 0.4) is 0 Å². The number of benzene rings is 1. The van der Waals surface area contributed by atoms with Gasteiger partial charge in [-0.15, -0.1) is 0 Å². The maximum Gasteiger partial charge on any atom is 0.162 e. The Morgan fingerprint density at radius 2 is 1.69 bits per heavy atom. The molecule has 3 aromatic rings. The molecule has 1 aliphatic heterocycles. The predicted molar refractivity (Wildman–Crippen MR) is 114 cm³/mol. The number of ether oxygens (including phenoxy) is 1. The first kappa shape index (κ1) is 19.4. The molecule has 0 saturated carbocycles. The van der Waals surface area contributed by atoms with Crippen molar-refractivity contribution < 1.29 is 4.74 Å². The molecule has 3 heterocycles.